The maximum atomic E-state index is 12.5. The van der Waals surface area contributed by atoms with Gasteiger partial charge in [-0.2, -0.15) is 17.4 Å². The summed E-state index contributed by atoms with van der Waals surface area (Å²) in [5.74, 6) is 1.01. The van der Waals surface area contributed by atoms with Gasteiger partial charge in [-0.1, -0.05) is 6.42 Å². The highest BCUT2D eigenvalue weighted by atomic mass is 32.2. The molecule has 3 fully saturated rings. The molecule has 0 aromatic heterocycles. The van der Waals surface area contributed by atoms with Crippen molar-refractivity contribution >= 4 is 10.2 Å². The van der Waals surface area contributed by atoms with Crippen molar-refractivity contribution < 1.29 is 8.42 Å². The quantitative estimate of drug-likeness (QED) is 0.748. The summed E-state index contributed by atoms with van der Waals surface area (Å²) in [5.41, 5.74) is 0. The van der Waals surface area contributed by atoms with E-state index < -0.39 is 10.2 Å². The molecule has 0 radical (unpaired) electrons. The third-order valence-electron chi connectivity index (χ3n) is 5.29. The van der Waals surface area contributed by atoms with E-state index in [9.17, 15) is 8.42 Å². The largest absolute Gasteiger partial charge is 0.314 e. The fraction of sp³-hybridized carbons (Fsp3) is 1.00. The van der Waals surface area contributed by atoms with Crippen LogP contribution in [0.4, 0.5) is 0 Å². The zero-order chi connectivity index (χ0) is 14.9. The molecule has 0 aromatic carbocycles. The Balaban J connectivity index is 1.50. The minimum atomic E-state index is -3.30. The molecule has 0 amide bonds. The molecule has 1 heterocycles. The van der Waals surface area contributed by atoms with E-state index in [1.54, 1.807) is 4.31 Å². The fourth-order valence-electron chi connectivity index (χ4n) is 3.38. The summed E-state index contributed by atoms with van der Waals surface area (Å²) < 4.78 is 29.6. The minimum Gasteiger partial charge on any atom is -0.314 e. The van der Waals surface area contributed by atoms with Gasteiger partial charge in [0.05, 0.1) is 0 Å². The van der Waals surface area contributed by atoms with Crippen LogP contribution in [-0.4, -0.2) is 44.4 Å². The van der Waals surface area contributed by atoms with Gasteiger partial charge in [-0.3, -0.25) is 0 Å². The van der Waals surface area contributed by atoms with Crippen LogP contribution < -0.4 is 10.0 Å². The monoisotopic (exact) mass is 315 g/mol. The Labute approximate surface area is 129 Å². The molecule has 0 bridgehead atoms. The number of nitrogens with one attached hydrogen (secondary N) is 2. The Morgan fingerprint density at radius 1 is 1.14 bits per heavy atom. The van der Waals surface area contributed by atoms with E-state index in [4.69, 9.17) is 0 Å². The SMILES string of the molecule is CC(NS(=O)(=O)N1CCCC(CNC2CC2)C1)C1CCC1. The summed E-state index contributed by atoms with van der Waals surface area (Å²) in [6.07, 6.45) is 8.27. The molecule has 3 aliphatic rings. The first-order chi connectivity index (χ1) is 10.0. The van der Waals surface area contributed by atoms with Gasteiger partial charge in [0.2, 0.25) is 0 Å². The van der Waals surface area contributed by atoms with Crippen LogP contribution in [0.1, 0.15) is 51.9 Å². The molecule has 2 saturated carbocycles. The number of piperidine rings is 1. The fourth-order valence-corrected chi connectivity index (χ4v) is 4.97. The van der Waals surface area contributed by atoms with Crippen molar-refractivity contribution in [2.75, 3.05) is 19.6 Å². The van der Waals surface area contributed by atoms with Crippen LogP contribution in [0.15, 0.2) is 0 Å². The lowest BCUT2D eigenvalue weighted by molar-refractivity contribution is 0.238. The van der Waals surface area contributed by atoms with Crippen molar-refractivity contribution in [1.29, 1.82) is 0 Å². The van der Waals surface area contributed by atoms with Gasteiger partial charge < -0.3 is 5.32 Å². The van der Waals surface area contributed by atoms with E-state index in [0.29, 0.717) is 31.0 Å². The predicted octanol–water partition coefficient (Wildman–Crippen LogP) is 1.47. The molecule has 122 valence electrons. The predicted molar refractivity (Wildman–Crippen MR) is 84.2 cm³/mol. The van der Waals surface area contributed by atoms with E-state index in [2.05, 4.69) is 10.0 Å². The first kappa shape index (κ1) is 15.7. The average Bonchev–Trinajstić information content (AvgIpc) is 3.18. The molecule has 0 spiro atoms. The summed E-state index contributed by atoms with van der Waals surface area (Å²) in [5, 5.41) is 3.53. The van der Waals surface area contributed by atoms with Gasteiger partial charge in [0.1, 0.15) is 0 Å². The average molecular weight is 315 g/mol. The van der Waals surface area contributed by atoms with Crippen molar-refractivity contribution in [3.05, 3.63) is 0 Å². The molecule has 2 N–H and O–H groups in total. The number of rotatable bonds is 7. The Morgan fingerprint density at radius 3 is 2.52 bits per heavy atom. The molecule has 1 aliphatic heterocycles. The molecular formula is C15H29N3O2S. The van der Waals surface area contributed by atoms with Crippen molar-refractivity contribution in [3.8, 4) is 0 Å². The summed E-state index contributed by atoms with van der Waals surface area (Å²) in [4.78, 5) is 0. The molecule has 2 atom stereocenters. The number of hydrogen-bond acceptors (Lipinski definition) is 3. The molecule has 3 rings (SSSR count). The van der Waals surface area contributed by atoms with Crippen LogP contribution in [0.2, 0.25) is 0 Å². The van der Waals surface area contributed by atoms with E-state index in [-0.39, 0.29) is 6.04 Å². The highest BCUT2D eigenvalue weighted by Crippen LogP contribution is 2.30. The number of hydrogen-bond donors (Lipinski definition) is 2. The van der Waals surface area contributed by atoms with Gasteiger partial charge >= 0.3 is 0 Å². The Bertz CT molecular complexity index is 446. The standard InChI is InChI=1S/C15H29N3O2S/c1-12(14-5-2-6-14)17-21(19,20)18-9-3-4-13(11-18)10-16-15-7-8-15/h12-17H,2-11H2,1H3. The summed E-state index contributed by atoms with van der Waals surface area (Å²) in [6, 6.07) is 0.780. The van der Waals surface area contributed by atoms with E-state index in [1.165, 1.54) is 19.3 Å². The van der Waals surface area contributed by atoms with E-state index in [1.807, 2.05) is 6.92 Å². The molecule has 0 aromatic rings. The first-order valence-corrected chi connectivity index (χ1v) is 9.99. The van der Waals surface area contributed by atoms with Gasteiger partial charge in [0.15, 0.2) is 0 Å². The van der Waals surface area contributed by atoms with Gasteiger partial charge in [-0.15, -0.1) is 0 Å². The maximum absolute atomic E-state index is 12.5. The van der Waals surface area contributed by atoms with Crippen LogP contribution in [0.5, 0.6) is 0 Å². The zero-order valence-corrected chi connectivity index (χ0v) is 13.9. The second-order valence-electron chi connectivity index (χ2n) is 7.15. The highest BCUT2D eigenvalue weighted by Gasteiger charge is 2.33. The molecular weight excluding hydrogens is 286 g/mol. The molecule has 5 nitrogen and oxygen atoms in total. The van der Waals surface area contributed by atoms with Crippen LogP contribution in [0, 0.1) is 11.8 Å². The van der Waals surface area contributed by atoms with E-state index in [0.717, 1.165) is 32.2 Å². The second kappa shape index (κ2) is 6.52. The highest BCUT2D eigenvalue weighted by molar-refractivity contribution is 7.87. The first-order valence-electron chi connectivity index (χ1n) is 8.55. The van der Waals surface area contributed by atoms with Crippen molar-refractivity contribution in [1.82, 2.24) is 14.3 Å². The third-order valence-corrected chi connectivity index (χ3v) is 6.97. The van der Waals surface area contributed by atoms with Gasteiger partial charge in [-0.25, -0.2) is 0 Å². The summed E-state index contributed by atoms with van der Waals surface area (Å²) in [7, 11) is -3.30. The second-order valence-corrected chi connectivity index (χ2v) is 8.85. The van der Waals surface area contributed by atoms with Crippen LogP contribution in [0.3, 0.4) is 0 Å². The lowest BCUT2D eigenvalue weighted by atomic mass is 9.81. The summed E-state index contributed by atoms with van der Waals surface area (Å²) >= 11 is 0. The molecule has 2 unspecified atom stereocenters. The van der Waals surface area contributed by atoms with E-state index >= 15 is 0 Å². The lowest BCUT2D eigenvalue weighted by Crippen LogP contribution is -2.51. The van der Waals surface area contributed by atoms with Crippen molar-refractivity contribution in [2.24, 2.45) is 11.8 Å². The molecule has 6 heteroatoms. The molecule has 1 saturated heterocycles. The van der Waals surface area contributed by atoms with Crippen LogP contribution >= 0.6 is 0 Å². The van der Waals surface area contributed by atoms with Gasteiger partial charge in [-0.05, 0) is 63.8 Å². The summed E-state index contributed by atoms with van der Waals surface area (Å²) in [6.45, 7) is 4.32. The lowest BCUT2D eigenvalue weighted by Gasteiger charge is -2.36. The number of nitrogens with zero attached hydrogens (tertiary/aromatic N) is 1. The molecule has 2 aliphatic carbocycles. The molecule has 21 heavy (non-hydrogen) atoms. The van der Waals surface area contributed by atoms with Crippen molar-refractivity contribution in [2.45, 2.75) is 64.0 Å². The topological polar surface area (TPSA) is 61.4 Å². The van der Waals surface area contributed by atoms with Gasteiger partial charge in [0, 0.05) is 25.2 Å². The minimum absolute atomic E-state index is 0.0775. The Hall–Kier alpha value is -0.170. The maximum Gasteiger partial charge on any atom is 0.279 e. The van der Waals surface area contributed by atoms with Gasteiger partial charge in [0.25, 0.3) is 10.2 Å². The third kappa shape index (κ3) is 4.18. The van der Waals surface area contributed by atoms with Crippen LogP contribution in [-0.2, 0) is 10.2 Å². The Morgan fingerprint density at radius 2 is 1.90 bits per heavy atom. The zero-order valence-electron chi connectivity index (χ0n) is 13.1. The van der Waals surface area contributed by atoms with Crippen LogP contribution in [0.25, 0.3) is 0 Å². The normalized spacial score (nSPS) is 30.0. The van der Waals surface area contributed by atoms with Crippen molar-refractivity contribution in [3.63, 3.8) is 0 Å². The smallest absolute Gasteiger partial charge is 0.279 e. The Kier molecular flexibility index (Phi) is 4.88.